The van der Waals surface area contributed by atoms with Gasteiger partial charge >= 0.3 is 0 Å². The van der Waals surface area contributed by atoms with Gasteiger partial charge in [0, 0.05) is 24.1 Å². The van der Waals surface area contributed by atoms with Crippen LogP contribution in [0.25, 0.3) is 11.0 Å². The van der Waals surface area contributed by atoms with Gasteiger partial charge in [0.15, 0.2) is 0 Å². The average Bonchev–Trinajstić information content (AvgIpc) is 2.73. The minimum absolute atomic E-state index is 0.199. The van der Waals surface area contributed by atoms with E-state index in [4.69, 9.17) is 16.7 Å². The van der Waals surface area contributed by atoms with Crippen LogP contribution in [0.1, 0.15) is 38.6 Å². The Morgan fingerprint density at radius 2 is 2.22 bits per heavy atom. The third-order valence-corrected chi connectivity index (χ3v) is 3.55. The van der Waals surface area contributed by atoms with E-state index in [2.05, 4.69) is 23.4 Å². The average molecular weight is 267 g/mol. The van der Waals surface area contributed by atoms with Crippen molar-refractivity contribution in [2.24, 2.45) is 0 Å². The Hall–Kier alpha value is -1.06. The molecule has 4 heteroatoms. The van der Waals surface area contributed by atoms with Crippen LogP contribution >= 0.6 is 11.6 Å². The zero-order chi connectivity index (χ0) is 13.1. The molecule has 0 aliphatic heterocycles. The fraction of sp³-hybridized carbons (Fsp3) is 0.500. The number of hydrogen-bond acceptors (Lipinski definition) is 2. The lowest BCUT2D eigenvalue weighted by Crippen LogP contribution is -2.09. The van der Waals surface area contributed by atoms with Gasteiger partial charge in [-0.15, -0.1) is 0 Å². The van der Waals surface area contributed by atoms with Crippen molar-refractivity contribution in [2.45, 2.75) is 39.2 Å². The van der Waals surface area contributed by atoms with Crippen LogP contribution < -0.4 is 0 Å². The number of fused-ring (bicyclic) bond motifs is 1. The Kier molecular flexibility index (Phi) is 4.25. The van der Waals surface area contributed by atoms with Gasteiger partial charge in [0.1, 0.15) is 5.82 Å². The summed E-state index contributed by atoms with van der Waals surface area (Å²) in [6.45, 7) is 4.55. The van der Waals surface area contributed by atoms with Gasteiger partial charge < -0.3 is 9.67 Å². The fourth-order valence-electron chi connectivity index (χ4n) is 2.20. The van der Waals surface area contributed by atoms with E-state index in [1.165, 1.54) is 0 Å². The molecule has 1 atom stereocenters. The first kappa shape index (κ1) is 13.4. The molecule has 2 aromatic rings. The van der Waals surface area contributed by atoms with Gasteiger partial charge in [-0.1, -0.05) is 18.5 Å². The molecule has 3 nitrogen and oxygen atoms in total. The van der Waals surface area contributed by atoms with E-state index in [1.807, 2.05) is 18.2 Å². The molecule has 1 heterocycles. The smallest absolute Gasteiger partial charge is 0.110 e. The summed E-state index contributed by atoms with van der Waals surface area (Å²) in [4.78, 5) is 4.65. The van der Waals surface area contributed by atoms with E-state index in [0.29, 0.717) is 6.04 Å². The normalized spacial score (nSPS) is 13.1. The van der Waals surface area contributed by atoms with Crippen molar-refractivity contribution in [3.63, 3.8) is 0 Å². The molecule has 2 rings (SSSR count). The first-order valence-electron chi connectivity index (χ1n) is 6.44. The van der Waals surface area contributed by atoms with Crippen LogP contribution in [0, 0.1) is 0 Å². The second kappa shape index (κ2) is 5.72. The number of rotatable bonds is 5. The highest BCUT2D eigenvalue weighted by Gasteiger charge is 2.14. The molecule has 18 heavy (non-hydrogen) atoms. The number of aryl methyl sites for hydroxylation is 1. The molecular formula is C14H19ClN2O. The predicted molar refractivity (Wildman–Crippen MR) is 75.2 cm³/mol. The summed E-state index contributed by atoms with van der Waals surface area (Å²) in [5.74, 6) is 1.04. The molecule has 0 radical (unpaired) electrons. The van der Waals surface area contributed by atoms with Crippen LogP contribution in [-0.2, 0) is 6.42 Å². The monoisotopic (exact) mass is 266 g/mol. The molecule has 0 aliphatic carbocycles. The van der Waals surface area contributed by atoms with Crippen LogP contribution in [-0.4, -0.2) is 21.3 Å². The number of nitrogens with zero attached hydrogens (tertiary/aromatic N) is 2. The number of benzene rings is 1. The summed E-state index contributed by atoms with van der Waals surface area (Å²) >= 11 is 6.07. The van der Waals surface area contributed by atoms with Crippen LogP contribution in [0.2, 0.25) is 5.02 Å². The number of aromatic nitrogens is 2. The van der Waals surface area contributed by atoms with Gasteiger partial charge in [0.25, 0.3) is 0 Å². The highest BCUT2D eigenvalue weighted by molar-refractivity contribution is 6.31. The molecule has 0 bridgehead atoms. The summed E-state index contributed by atoms with van der Waals surface area (Å²) in [7, 11) is 0. The fourth-order valence-corrected chi connectivity index (χ4v) is 2.37. The topological polar surface area (TPSA) is 38.0 Å². The Morgan fingerprint density at radius 3 is 2.89 bits per heavy atom. The van der Waals surface area contributed by atoms with Crippen molar-refractivity contribution in [1.82, 2.24) is 9.55 Å². The zero-order valence-corrected chi connectivity index (χ0v) is 11.6. The second-order valence-electron chi connectivity index (χ2n) is 4.62. The van der Waals surface area contributed by atoms with E-state index < -0.39 is 0 Å². The lowest BCUT2D eigenvalue weighted by Gasteiger charge is -2.15. The van der Waals surface area contributed by atoms with Crippen molar-refractivity contribution in [2.75, 3.05) is 6.61 Å². The van der Waals surface area contributed by atoms with Crippen LogP contribution in [0.5, 0.6) is 0 Å². The molecule has 98 valence electrons. The summed E-state index contributed by atoms with van der Waals surface area (Å²) in [5.41, 5.74) is 2.07. The maximum absolute atomic E-state index is 8.98. The van der Waals surface area contributed by atoms with Crippen LogP contribution in [0.3, 0.4) is 0 Å². The third-order valence-electron chi connectivity index (χ3n) is 3.31. The van der Waals surface area contributed by atoms with Crippen LogP contribution in [0.15, 0.2) is 18.2 Å². The molecule has 1 aromatic carbocycles. The lowest BCUT2D eigenvalue weighted by atomic mass is 10.2. The van der Waals surface area contributed by atoms with E-state index in [1.54, 1.807) is 0 Å². The Labute approximate surface area is 112 Å². The lowest BCUT2D eigenvalue weighted by molar-refractivity contribution is 0.286. The molecule has 0 aliphatic rings. The minimum atomic E-state index is 0.199. The quantitative estimate of drug-likeness (QED) is 0.898. The molecule has 0 unspecified atom stereocenters. The van der Waals surface area contributed by atoms with E-state index in [-0.39, 0.29) is 6.61 Å². The molecule has 0 saturated heterocycles. The van der Waals surface area contributed by atoms with Crippen molar-refractivity contribution in [1.29, 1.82) is 0 Å². The number of aliphatic hydroxyl groups excluding tert-OH is 1. The SMILES string of the molecule is CC[C@@H](C)n1c(CCCO)nc2ccc(Cl)cc21. The van der Waals surface area contributed by atoms with Crippen molar-refractivity contribution in [3.05, 3.63) is 29.0 Å². The minimum Gasteiger partial charge on any atom is -0.396 e. The second-order valence-corrected chi connectivity index (χ2v) is 5.05. The highest BCUT2D eigenvalue weighted by atomic mass is 35.5. The van der Waals surface area contributed by atoms with Crippen molar-refractivity contribution >= 4 is 22.6 Å². The van der Waals surface area contributed by atoms with E-state index >= 15 is 0 Å². The largest absolute Gasteiger partial charge is 0.396 e. The molecule has 1 N–H and O–H groups in total. The maximum Gasteiger partial charge on any atom is 0.110 e. The van der Waals surface area contributed by atoms with Gasteiger partial charge in [-0.2, -0.15) is 0 Å². The van der Waals surface area contributed by atoms with Gasteiger partial charge in [0.05, 0.1) is 11.0 Å². The number of halogens is 1. The Morgan fingerprint density at radius 1 is 1.44 bits per heavy atom. The van der Waals surface area contributed by atoms with Crippen molar-refractivity contribution < 1.29 is 5.11 Å². The van der Waals surface area contributed by atoms with Crippen molar-refractivity contribution in [3.8, 4) is 0 Å². The molecular weight excluding hydrogens is 248 g/mol. The van der Waals surface area contributed by atoms with Gasteiger partial charge in [-0.05, 0) is 38.0 Å². The Balaban J connectivity index is 2.54. The van der Waals surface area contributed by atoms with Crippen LogP contribution in [0.4, 0.5) is 0 Å². The molecule has 1 aromatic heterocycles. The molecule has 0 spiro atoms. The molecule has 0 fully saturated rings. The van der Waals surface area contributed by atoms with E-state index in [9.17, 15) is 0 Å². The van der Waals surface area contributed by atoms with Gasteiger partial charge in [-0.3, -0.25) is 0 Å². The van der Waals surface area contributed by atoms with Gasteiger partial charge in [-0.25, -0.2) is 4.98 Å². The first-order valence-corrected chi connectivity index (χ1v) is 6.82. The van der Waals surface area contributed by atoms with Gasteiger partial charge in [0.2, 0.25) is 0 Å². The zero-order valence-electron chi connectivity index (χ0n) is 10.9. The predicted octanol–water partition coefficient (Wildman–Crippen LogP) is 3.59. The highest BCUT2D eigenvalue weighted by Crippen LogP contribution is 2.26. The number of imidazole rings is 1. The standard InChI is InChI=1S/C14H19ClN2O/c1-3-10(2)17-13-9-11(15)6-7-12(13)16-14(17)5-4-8-18/h6-7,9-10,18H,3-5,8H2,1-2H3/t10-/m1/s1. The summed E-state index contributed by atoms with van der Waals surface area (Å²) < 4.78 is 2.25. The summed E-state index contributed by atoms with van der Waals surface area (Å²) in [6.07, 6.45) is 2.59. The first-order chi connectivity index (χ1) is 8.67. The molecule has 0 amide bonds. The number of hydrogen-bond donors (Lipinski definition) is 1. The number of aliphatic hydroxyl groups is 1. The third kappa shape index (κ3) is 2.52. The molecule has 0 saturated carbocycles. The Bertz CT molecular complexity index is 536. The summed E-state index contributed by atoms with van der Waals surface area (Å²) in [6, 6.07) is 6.19. The van der Waals surface area contributed by atoms with E-state index in [0.717, 1.165) is 41.1 Å². The maximum atomic E-state index is 8.98. The summed E-state index contributed by atoms with van der Waals surface area (Å²) in [5, 5.41) is 9.71.